The third kappa shape index (κ3) is 104. The number of carbonyl (C=O) groups is 2. The van der Waals surface area contributed by atoms with Crippen molar-refractivity contribution in [2.75, 3.05) is 72.7 Å². The number of hydrogen-bond donors (Lipinski definition) is 0. The van der Waals surface area contributed by atoms with Gasteiger partial charge in [0.1, 0.15) is 5.75 Å². The van der Waals surface area contributed by atoms with Gasteiger partial charge in [0.15, 0.2) is 6.61 Å². The maximum Gasteiger partial charge on any atom is 0.368 e. The first-order valence-electron chi connectivity index (χ1n) is 16.3. The highest BCUT2D eigenvalue weighted by Crippen LogP contribution is 2.26. The number of benzene rings is 1. The minimum absolute atomic E-state index is 0.174. The Morgan fingerprint density at radius 1 is 0.536 bits per heavy atom. The van der Waals surface area contributed by atoms with E-state index in [1.807, 2.05) is 13.0 Å². The lowest BCUT2D eigenvalue weighted by molar-refractivity contribution is -0.391. The molecule has 0 heterocycles. The lowest BCUT2D eigenvalue weighted by Crippen LogP contribution is -2.45. The van der Waals surface area contributed by atoms with Crippen LogP contribution in [0.25, 0.3) is 0 Å². The number of rotatable bonds is 11. The molecule has 0 aliphatic rings. The van der Waals surface area contributed by atoms with Gasteiger partial charge < -0.3 is 9.47 Å². The quantitative estimate of drug-likeness (QED) is 0.0778. The van der Waals surface area contributed by atoms with Crippen LogP contribution in [0.4, 0.5) is 0 Å². The Morgan fingerprint density at radius 3 is 1.07 bits per heavy atom. The van der Waals surface area contributed by atoms with Crippen molar-refractivity contribution in [2.24, 2.45) is 0 Å². The van der Waals surface area contributed by atoms with E-state index in [0.29, 0.717) is 18.6 Å². The zero-order chi connectivity index (χ0) is 46.7. The monoisotopic (exact) mass is 802 g/mol. The van der Waals surface area contributed by atoms with Crippen molar-refractivity contribution in [1.29, 1.82) is 0 Å². The van der Waals surface area contributed by atoms with Crippen molar-refractivity contribution >= 4 is 11.9 Å². The van der Waals surface area contributed by atoms with E-state index in [0.717, 1.165) is 6.42 Å². The number of para-hydroxylation sites is 1. The first-order chi connectivity index (χ1) is 26.4. The minimum Gasteiger partial charge on any atom is -0.455 e. The topological polar surface area (TPSA) is 270 Å². The molecule has 0 fully saturated rings. The van der Waals surface area contributed by atoms with Gasteiger partial charge in [0.05, 0.1) is 66.1 Å². The van der Waals surface area contributed by atoms with Crippen molar-refractivity contribution in [1.82, 2.24) is 0 Å². The fourth-order valence-corrected chi connectivity index (χ4v) is 1.87. The zero-order valence-corrected chi connectivity index (χ0v) is 33.8. The Hall–Kier alpha value is -3.00. The average Bonchev–Trinajstić information content (AvgIpc) is 3.12. The van der Waals surface area contributed by atoms with E-state index in [1.54, 1.807) is 24.3 Å². The largest absolute Gasteiger partial charge is 0.455 e. The predicted molar refractivity (Wildman–Crippen MR) is 206 cm³/mol. The molecule has 0 aliphatic heterocycles. The SMILES string of the molecule is C=C(C)C(=O)OCC(CCCC)(OOC(=O)C(=C)C)Oc1ccccc1.[CH2]C[O].[CH2]C[O].[CH2]C[O].[CH2]C[O].[CH2]C[O].[CH2]C[O].[CH2]C[O].[CH2]C[O].[CH2]C[O].[CH2]C[O]. The van der Waals surface area contributed by atoms with Gasteiger partial charge in [-0.05, 0) is 102 Å². The van der Waals surface area contributed by atoms with Crippen LogP contribution in [0.15, 0.2) is 54.6 Å². The Labute approximate surface area is 339 Å². The van der Waals surface area contributed by atoms with E-state index >= 15 is 0 Å². The molecule has 0 N–H and O–H groups in total. The van der Waals surface area contributed by atoms with Gasteiger partial charge in [-0.1, -0.05) is 44.7 Å². The molecule has 1 atom stereocenters. The molecule has 0 saturated carbocycles. The molecular weight excluding hydrogens is 736 g/mol. The van der Waals surface area contributed by atoms with E-state index in [4.69, 9.17) is 70.3 Å². The van der Waals surface area contributed by atoms with Gasteiger partial charge in [-0.15, -0.1) is 4.89 Å². The van der Waals surface area contributed by atoms with Gasteiger partial charge in [0, 0.05) is 17.6 Å². The predicted octanol–water partition coefficient (Wildman–Crippen LogP) is 6.63. The molecule has 1 rings (SSSR count). The summed E-state index contributed by atoms with van der Waals surface area (Å²) in [5.74, 6) is -2.30. The van der Waals surface area contributed by atoms with Crippen LogP contribution in [0.5, 0.6) is 5.75 Å². The second-order valence-corrected chi connectivity index (χ2v) is 8.06. The summed E-state index contributed by atoms with van der Waals surface area (Å²) in [7, 11) is 0. The third-order valence-corrected chi connectivity index (χ3v) is 3.35. The minimum atomic E-state index is -1.48. The lowest BCUT2D eigenvalue weighted by atomic mass is 10.1. The van der Waals surface area contributed by atoms with E-state index in [1.165, 1.54) is 13.8 Å². The first-order valence-corrected chi connectivity index (χ1v) is 16.3. The van der Waals surface area contributed by atoms with Crippen LogP contribution in [-0.2, 0) is 75.2 Å². The van der Waals surface area contributed by atoms with Gasteiger partial charge in [-0.2, -0.15) is 0 Å². The van der Waals surface area contributed by atoms with Crippen LogP contribution in [-0.4, -0.2) is 90.4 Å². The van der Waals surface area contributed by atoms with Crippen molar-refractivity contribution in [3.05, 3.63) is 124 Å². The number of esters is 1. The molecule has 16 nitrogen and oxygen atoms in total. The molecular formula is C40H66O16. The van der Waals surface area contributed by atoms with Crippen LogP contribution in [0, 0.1) is 69.2 Å². The molecule has 322 valence electrons. The normalized spacial score (nSPS) is 9.05. The highest BCUT2D eigenvalue weighted by molar-refractivity contribution is 5.87. The van der Waals surface area contributed by atoms with Crippen LogP contribution in [0.3, 0.4) is 0 Å². The zero-order valence-electron chi connectivity index (χ0n) is 33.8. The Balaban J connectivity index is -0.0000000715. The molecule has 16 heteroatoms. The molecule has 0 aliphatic carbocycles. The fourth-order valence-electron chi connectivity index (χ4n) is 1.87. The molecule has 1 unspecified atom stereocenters. The Kier molecular flexibility index (Phi) is 111. The summed E-state index contributed by atoms with van der Waals surface area (Å²) >= 11 is 0. The molecule has 0 spiro atoms. The summed E-state index contributed by atoms with van der Waals surface area (Å²) in [6.07, 6.45) is 1.87. The van der Waals surface area contributed by atoms with Crippen LogP contribution in [0.2, 0.25) is 0 Å². The highest BCUT2D eigenvalue weighted by Gasteiger charge is 2.38. The van der Waals surface area contributed by atoms with E-state index in [-0.39, 0.29) is 83.8 Å². The summed E-state index contributed by atoms with van der Waals surface area (Å²) in [4.78, 5) is 33.7. The molecule has 0 aromatic heterocycles. The summed E-state index contributed by atoms with van der Waals surface area (Å²) < 4.78 is 11.2. The molecule has 0 bridgehead atoms. The fraction of sp³-hybridized carbons (Fsp3) is 0.450. The number of unbranched alkanes of at least 4 members (excludes halogenated alkanes) is 1. The number of ether oxygens (including phenoxy) is 2. The van der Waals surface area contributed by atoms with Gasteiger partial charge in [0.25, 0.3) is 5.79 Å². The van der Waals surface area contributed by atoms with E-state index < -0.39 is 17.7 Å². The number of carbonyl (C=O) groups excluding carboxylic acids is 2. The van der Waals surface area contributed by atoms with E-state index in [2.05, 4.69) is 82.4 Å². The number of hydrogen-bond acceptors (Lipinski definition) is 6. The summed E-state index contributed by atoms with van der Waals surface area (Å²) in [6, 6.07) is 8.87. The molecule has 0 amide bonds. The second kappa shape index (κ2) is 80.5. The molecule has 1 aromatic carbocycles. The summed E-state index contributed by atoms with van der Waals surface area (Å²) in [5, 5.41) is 88.2. The van der Waals surface area contributed by atoms with E-state index in [9.17, 15) is 9.59 Å². The molecule has 1 aromatic rings. The Morgan fingerprint density at radius 2 is 0.821 bits per heavy atom. The standard InChI is InChI=1S/C20H26O6.10C2H4O/c1-6-7-13-20(14-23-18(21)15(2)3,26-25-19(22)16(4)5)24-17-11-9-8-10-12-17;10*1-2-3/h8-12H,2,4,6-7,13-14H2,1,3,5H3;10*1-2H2. The van der Waals surface area contributed by atoms with Crippen molar-refractivity contribution < 1.29 is 79.9 Å². The Bertz CT molecular complexity index is 748. The summed E-state index contributed by atoms with van der Waals surface area (Å²) in [5.41, 5.74) is 0.418. The second-order valence-electron chi connectivity index (χ2n) is 8.06. The summed E-state index contributed by atoms with van der Waals surface area (Å²) in [6.45, 7) is 38.6. The maximum atomic E-state index is 11.8. The van der Waals surface area contributed by atoms with Gasteiger partial charge in [-0.3, -0.25) is 4.89 Å². The van der Waals surface area contributed by atoms with Crippen LogP contribution >= 0.6 is 0 Å². The first kappa shape index (κ1) is 77.5. The van der Waals surface area contributed by atoms with Gasteiger partial charge >= 0.3 is 11.9 Å². The highest BCUT2D eigenvalue weighted by atomic mass is 17.2. The van der Waals surface area contributed by atoms with Crippen molar-refractivity contribution in [2.45, 2.75) is 45.8 Å². The van der Waals surface area contributed by atoms with Gasteiger partial charge in [0.2, 0.25) is 0 Å². The molecule has 0 saturated heterocycles. The molecule has 56 heavy (non-hydrogen) atoms. The smallest absolute Gasteiger partial charge is 0.368 e. The van der Waals surface area contributed by atoms with Crippen molar-refractivity contribution in [3.63, 3.8) is 0 Å². The maximum absolute atomic E-state index is 11.8. The lowest BCUT2D eigenvalue weighted by Gasteiger charge is -2.31. The van der Waals surface area contributed by atoms with Crippen LogP contribution in [0.1, 0.15) is 40.0 Å². The van der Waals surface area contributed by atoms with Gasteiger partial charge in [-0.25, -0.2) is 60.7 Å². The average molecular weight is 803 g/mol. The third-order valence-electron chi connectivity index (χ3n) is 3.35. The van der Waals surface area contributed by atoms with Crippen molar-refractivity contribution in [3.8, 4) is 5.75 Å². The molecule has 20 radical (unpaired) electrons. The van der Waals surface area contributed by atoms with Crippen LogP contribution < -0.4 is 4.74 Å².